The second-order valence-electron chi connectivity index (χ2n) is 2.87. The van der Waals surface area contributed by atoms with Gasteiger partial charge in [0.25, 0.3) is 0 Å². The van der Waals surface area contributed by atoms with Crippen LogP contribution >= 0.6 is 22.6 Å². The SMILES string of the molecule is COC(=O)C(I)C1CCOCC1. The maximum absolute atomic E-state index is 11.1. The van der Waals surface area contributed by atoms with Gasteiger partial charge in [0.15, 0.2) is 0 Å². The lowest BCUT2D eigenvalue weighted by Gasteiger charge is -2.24. The van der Waals surface area contributed by atoms with Gasteiger partial charge in [0.05, 0.1) is 7.11 Å². The van der Waals surface area contributed by atoms with Crippen LogP contribution in [0.4, 0.5) is 0 Å². The molecular formula is C8H13IO3. The van der Waals surface area contributed by atoms with Crippen molar-refractivity contribution in [3.05, 3.63) is 0 Å². The first-order valence-corrected chi connectivity index (χ1v) is 5.30. The normalized spacial score (nSPS) is 21.8. The summed E-state index contributed by atoms with van der Waals surface area (Å²) in [6.07, 6.45) is 1.95. The lowest BCUT2D eigenvalue weighted by atomic mass is 9.97. The standard InChI is InChI=1S/C8H13IO3/c1-11-8(10)7(9)6-2-4-12-5-3-6/h6-7H,2-5H2,1H3. The average Bonchev–Trinajstić information content (AvgIpc) is 2.17. The Kier molecular flexibility index (Phi) is 4.28. The van der Waals surface area contributed by atoms with Crippen LogP contribution in [0.3, 0.4) is 0 Å². The molecule has 1 aliphatic rings. The molecule has 0 spiro atoms. The van der Waals surface area contributed by atoms with E-state index in [9.17, 15) is 4.79 Å². The molecule has 0 saturated carbocycles. The van der Waals surface area contributed by atoms with Gasteiger partial charge in [-0.1, -0.05) is 22.6 Å². The molecule has 1 rings (SSSR count). The third kappa shape index (κ3) is 2.58. The van der Waals surface area contributed by atoms with Gasteiger partial charge in [-0.3, -0.25) is 4.79 Å². The highest BCUT2D eigenvalue weighted by molar-refractivity contribution is 14.1. The summed E-state index contributed by atoms with van der Waals surface area (Å²) in [5.41, 5.74) is 0. The Morgan fingerprint density at radius 1 is 1.58 bits per heavy atom. The lowest BCUT2D eigenvalue weighted by molar-refractivity contribution is -0.141. The topological polar surface area (TPSA) is 35.5 Å². The Morgan fingerprint density at radius 3 is 2.67 bits per heavy atom. The van der Waals surface area contributed by atoms with Gasteiger partial charge in [-0.05, 0) is 18.8 Å². The minimum Gasteiger partial charge on any atom is -0.468 e. The highest BCUT2D eigenvalue weighted by atomic mass is 127. The average molecular weight is 284 g/mol. The molecule has 0 amide bonds. The Balaban J connectivity index is 2.39. The maximum atomic E-state index is 11.1. The van der Waals surface area contributed by atoms with E-state index >= 15 is 0 Å². The number of ether oxygens (including phenoxy) is 2. The monoisotopic (exact) mass is 284 g/mol. The second kappa shape index (κ2) is 5.01. The van der Waals surface area contributed by atoms with E-state index in [1.54, 1.807) is 0 Å². The minimum atomic E-state index is -0.109. The Bertz CT molecular complexity index is 154. The van der Waals surface area contributed by atoms with Crippen LogP contribution in [0.1, 0.15) is 12.8 Å². The zero-order valence-corrected chi connectivity index (χ0v) is 9.24. The van der Waals surface area contributed by atoms with E-state index in [2.05, 4.69) is 27.3 Å². The first kappa shape index (κ1) is 10.2. The molecule has 0 aromatic carbocycles. The molecule has 1 fully saturated rings. The van der Waals surface area contributed by atoms with Gasteiger partial charge >= 0.3 is 5.97 Å². The first-order valence-electron chi connectivity index (χ1n) is 4.05. The van der Waals surface area contributed by atoms with Gasteiger partial charge in [0, 0.05) is 13.2 Å². The summed E-state index contributed by atoms with van der Waals surface area (Å²) in [4.78, 5) is 11.1. The van der Waals surface area contributed by atoms with E-state index in [0.29, 0.717) is 5.92 Å². The van der Waals surface area contributed by atoms with E-state index in [1.165, 1.54) is 7.11 Å². The number of halogens is 1. The molecular weight excluding hydrogens is 271 g/mol. The quantitative estimate of drug-likeness (QED) is 0.437. The third-order valence-electron chi connectivity index (χ3n) is 2.11. The molecule has 3 nitrogen and oxygen atoms in total. The van der Waals surface area contributed by atoms with E-state index in [4.69, 9.17) is 4.74 Å². The second-order valence-corrected chi connectivity index (χ2v) is 4.22. The zero-order chi connectivity index (χ0) is 8.97. The van der Waals surface area contributed by atoms with Crippen LogP contribution in [-0.4, -0.2) is 30.2 Å². The van der Waals surface area contributed by atoms with Crippen LogP contribution in [-0.2, 0) is 14.3 Å². The van der Waals surface area contributed by atoms with Crippen LogP contribution in [0, 0.1) is 5.92 Å². The molecule has 1 atom stereocenters. The van der Waals surface area contributed by atoms with Crippen molar-refractivity contribution in [2.24, 2.45) is 5.92 Å². The molecule has 0 aromatic heterocycles. The molecule has 0 aromatic rings. The molecule has 70 valence electrons. The van der Waals surface area contributed by atoms with Crippen LogP contribution in [0.15, 0.2) is 0 Å². The largest absolute Gasteiger partial charge is 0.468 e. The number of rotatable bonds is 2. The number of esters is 1. The number of hydrogen-bond donors (Lipinski definition) is 0. The van der Waals surface area contributed by atoms with Crippen molar-refractivity contribution in [3.63, 3.8) is 0 Å². The lowest BCUT2D eigenvalue weighted by Crippen LogP contribution is -2.30. The first-order chi connectivity index (χ1) is 5.75. The van der Waals surface area contributed by atoms with Crippen molar-refractivity contribution in [1.29, 1.82) is 0 Å². The zero-order valence-electron chi connectivity index (χ0n) is 7.09. The van der Waals surface area contributed by atoms with Crippen molar-refractivity contribution in [2.45, 2.75) is 16.8 Å². The van der Waals surface area contributed by atoms with Crippen molar-refractivity contribution >= 4 is 28.6 Å². The van der Waals surface area contributed by atoms with Crippen molar-refractivity contribution in [3.8, 4) is 0 Å². The van der Waals surface area contributed by atoms with Gasteiger partial charge in [-0.15, -0.1) is 0 Å². The van der Waals surface area contributed by atoms with Gasteiger partial charge in [-0.2, -0.15) is 0 Å². The maximum Gasteiger partial charge on any atom is 0.318 e. The molecule has 0 aliphatic carbocycles. The number of carbonyl (C=O) groups excluding carboxylic acids is 1. The van der Waals surface area contributed by atoms with Crippen LogP contribution in [0.5, 0.6) is 0 Å². The number of hydrogen-bond acceptors (Lipinski definition) is 3. The Morgan fingerprint density at radius 2 is 2.17 bits per heavy atom. The summed E-state index contributed by atoms with van der Waals surface area (Å²) in [6.45, 7) is 1.56. The fourth-order valence-corrected chi connectivity index (χ4v) is 2.29. The predicted molar refractivity (Wildman–Crippen MR) is 53.4 cm³/mol. The fraction of sp³-hybridized carbons (Fsp3) is 0.875. The van der Waals surface area contributed by atoms with E-state index in [0.717, 1.165) is 26.1 Å². The molecule has 1 aliphatic heterocycles. The van der Waals surface area contributed by atoms with E-state index < -0.39 is 0 Å². The number of methoxy groups -OCH3 is 1. The molecule has 1 heterocycles. The molecule has 4 heteroatoms. The summed E-state index contributed by atoms with van der Waals surface area (Å²) >= 11 is 2.16. The number of carbonyl (C=O) groups is 1. The predicted octanol–water partition coefficient (Wildman–Crippen LogP) is 1.39. The summed E-state index contributed by atoms with van der Waals surface area (Å²) in [5, 5.41) is 0. The van der Waals surface area contributed by atoms with Crippen LogP contribution in [0.2, 0.25) is 0 Å². The van der Waals surface area contributed by atoms with Gasteiger partial charge in [0.2, 0.25) is 0 Å². The van der Waals surface area contributed by atoms with Crippen molar-refractivity contribution < 1.29 is 14.3 Å². The number of alkyl halides is 1. The smallest absolute Gasteiger partial charge is 0.318 e. The molecule has 0 bridgehead atoms. The molecule has 12 heavy (non-hydrogen) atoms. The highest BCUT2D eigenvalue weighted by Crippen LogP contribution is 2.25. The minimum absolute atomic E-state index is 0.00324. The van der Waals surface area contributed by atoms with Gasteiger partial charge < -0.3 is 9.47 Å². The van der Waals surface area contributed by atoms with E-state index in [-0.39, 0.29) is 9.89 Å². The van der Waals surface area contributed by atoms with Gasteiger partial charge in [0.1, 0.15) is 3.92 Å². The highest BCUT2D eigenvalue weighted by Gasteiger charge is 2.27. The molecule has 0 radical (unpaired) electrons. The molecule has 1 unspecified atom stereocenters. The van der Waals surface area contributed by atoms with Crippen LogP contribution in [0.25, 0.3) is 0 Å². The van der Waals surface area contributed by atoms with Crippen LogP contribution < -0.4 is 0 Å². The Labute approximate surface area is 85.9 Å². The van der Waals surface area contributed by atoms with Gasteiger partial charge in [-0.25, -0.2) is 0 Å². The summed E-state index contributed by atoms with van der Waals surface area (Å²) in [6, 6.07) is 0. The summed E-state index contributed by atoms with van der Waals surface area (Å²) in [5.74, 6) is 0.328. The fourth-order valence-electron chi connectivity index (χ4n) is 1.31. The summed E-state index contributed by atoms with van der Waals surface area (Å²) in [7, 11) is 1.44. The van der Waals surface area contributed by atoms with E-state index in [1.807, 2.05) is 0 Å². The van der Waals surface area contributed by atoms with Crippen molar-refractivity contribution in [1.82, 2.24) is 0 Å². The molecule has 0 N–H and O–H groups in total. The third-order valence-corrected chi connectivity index (χ3v) is 3.63. The van der Waals surface area contributed by atoms with Crippen molar-refractivity contribution in [2.75, 3.05) is 20.3 Å². The molecule has 1 saturated heterocycles. The summed E-state index contributed by atoms with van der Waals surface area (Å²) < 4.78 is 9.88. The Hall–Kier alpha value is 0.160.